The molecule has 0 bridgehead atoms. The summed E-state index contributed by atoms with van der Waals surface area (Å²) in [5.74, 6) is 0.506. The fourth-order valence-electron chi connectivity index (χ4n) is 3.35. The second-order valence-electron chi connectivity index (χ2n) is 7.79. The summed E-state index contributed by atoms with van der Waals surface area (Å²) < 4.78 is 7.48. The summed E-state index contributed by atoms with van der Waals surface area (Å²) in [5.41, 5.74) is 2.90. The van der Waals surface area contributed by atoms with Crippen molar-refractivity contribution in [2.45, 2.75) is 31.8 Å². The first-order valence-electron chi connectivity index (χ1n) is 10.7. The monoisotopic (exact) mass is 417 g/mol. The second-order valence-corrected chi connectivity index (χ2v) is 7.79. The van der Waals surface area contributed by atoms with E-state index < -0.39 is 0 Å². The van der Waals surface area contributed by atoms with E-state index in [1.54, 1.807) is 0 Å². The van der Waals surface area contributed by atoms with E-state index in [1.165, 1.54) is 0 Å². The van der Waals surface area contributed by atoms with Crippen LogP contribution in [0.2, 0.25) is 0 Å². The zero-order valence-corrected chi connectivity index (χ0v) is 17.4. The molecular weight excluding hydrogens is 390 g/mol. The Balaban J connectivity index is 1.22. The molecular formula is C25H27N3O3. The molecule has 6 nitrogen and oxygen atoms in total. The van der Waals surface area contributed by atoms with E-state index in [1.807, 2.05) is 65.4 Å². The number of aromatic nitrogens is 1. The van der Waals surface area contributed by atoms with Gasteiger partial charge in [0, 0.05) is 25.3 Å². The highest BCUT2D eigenvalue weighted by Gasteiger charge is 2.23. The van der Waals surface area contributed by atoms with Crippen molar-refractivity contribution in [1.29, 1.82) is 0 Å². The van der Waals surface area contributed by atoms with Gasteiger partial charge in [-0.2, -0.15) is 0 Å². The molecule has 0 unspecified atom stereocenters. The molecule has 1 aromatic heterocycles. The Hall–Kier alpha value is -3.54. The number of benzene rings is 2. The van der Waals surface area contributed by atoms with Crippen LogP contribution < -0.4 is 15.4 Å². The first kappa shape index (κ1) is 20.7. The molecule has 3 aromatic rings. The topological polar surface area (TPSA) is 72.4 Å². The zero-order chi connectivity index (χ0) is 21.5. The Kier molecular flexibility index (Phi) is 6.67. The van der Waals surface area contributed by atoms with Crippen LogP contribution in [0.15, 0.2) is 72.9 Å². The minimum atomic E-state index is -0.0810. The van der Waals surface area contributed by atoms with Crippen LogP contribution in [0, 0.1) is 0 Å². The highest BCUT2D eigenvalue weighted by molar-refractivity contribution is 5.92. The van der Waals surface area contributed by atoms with Crippen molar-refractivity contribution in [3.8, 4) is 5.75 Å². The van der Waals surface area contributed by atoms with Crippen molar-refractivity contribution in [2.24, 2.45) is 0 Å². The molecule has 1 aliphatic rings. The third kappa shape index (κ3) is 6.22. The van der Waals surface area contributed by atoms with Gasteiger partial charge in [-0.1, -0.05) is 42.5 Å². The maximum absolute atomic E-state index is 12.6. The van der Waals surface area contributed by atoms with Crippen LogP contribution in [-0.4, -0.2) is 35.6 Å². The van der Waals surface area contributed by atoms with Crippen LogP contribution in [0.3, 0.4) is 0 Å². The van der Waals surface area contributed by atoms with Crippen LogP contribution in [-0.2, 0) is 17.8 Å². The Morgan fingerprint density at radius 1 is 0.935 bits per heavy atom. The molecule has 1 heterocycles. The number of hydrogen-bond donors (Lipinski definition) is 2. The third-order valence-corrected chi connectivity index (χ3v) is 5.19. The van der Waals surface area contributed by atoms with E-state index in [4.69, 9.17) is 4.74 Å². The molecule has 6 heteroatoms. The molecule has 31 heavy (non-hydrogen) atoms. The molecule has 160 valence electrons. The van der Waals surface area contributed by atoms with Gasteiger partial charge in [-0.3, -0.25) is 9.59 Å². The average Bonchev–Trinajstić information content (AvgIpc) is 3.48. The van der Waals surface area contributed by atoms with Crippen molar-refractivity contribution in [3.63, 3.8) is 0 Å². The average molecular weight is 418 g/mol. The summed E-state index contributed by atoms with van der Waals surface area (Å²) in [6.07, 6.45) is 4.77. The third-order valence-electron chi connectivity index (χ3n) is 5.19. The van der Waals surface area contributed by atoms with E-state index in [0.717, 1.165) is 24.0 Å². The van der Waals surface area contributed by atoms with Gasteiger partial charge in [0.2, 0.25) is 0 Å². The maximum Gasteiger partial charge on any atom is 0.267 e. The molecule has 2 N–H and O–H groups in total. The number of rotatable bonds is 10. The lowest BCUT2D eigenvalue weighted by molar-refractivity contribution is -0.123. The van der Waals surface area contributed by atoms with Crippen LogP contribution in [0.1, 0.15) is 34.5 Å². The molecule has 0 spiro atoms. The number of nitrogens with one attached hydrogen (secondary N) is 2. The van der Waals surface area contributed by atoms with Crippen molar-refractivity contribution in [3.05, 3.63) is 89.7 Å². The molecule has 0 aliphatic heterocycles. The predicted molar refractivity (Wildman–Crippen MR) is 119 cm³/mol. The molecule has 0 saturated heterocycles. The van der Waals surface area contributed by atoms with E-state index in [0.29, 0.717) is 37.0 Å². The summed E-state index contributed by atoms with van der Waals surface area (Å²) >= 11 is 0. The molecule has 2 amide bonds. The normalized spacial score (nSPS) is 12.9. The number of carbonyl (C=O) groups excluding carboxylic acids is 2. The number of hydrogen-bond acceptors (Lipinski definition) is 3. The molecule has 2 aromatic carbocycles. The fourth-order valence-corrected chi connectivity index (χ4v) is 3.35. The van der Waals surface area contributed by atoms with Crippen molar-refractivity contribution in [2.75, 3.05) is 13.2 Å². The fraction of sp³-hybridized carbons (Fsp3) is 0.280. The molecule has 1 aliphatic carbocycles. The van der Waals surface area contributed by atoms with Gasteiger partial charge in [0.05, 0.1) is 0 Å². The lowest BCUT2D eigenvalue weighted by atomic mass is 10.1. The summed E-state index contributed by atoms with van der Waals surface area (Å²) in [5, 5.41) is 5.89. The Morgan fingerprint density at radius 2 is 1.71 bits per heavy atom. The molecule has 0 radical (unpaired) electrons. The number of amides is 2. The van der Waals surface area contributed by atoms with Gasteiger partial charge in [0.15, 0.2) is 6.61 Å². The lowest BCUT2D eigenvalue weighted by Gasteiger charge is -2.11. The molecule has 4 rings (SSSR count). The minimum Gasteiger partial charge on any atom is -0.484 e. The smallest absolute Gasteiger partial charge is 0.267 e. The van der Waals surface area contributed by atoms with E-state index in [-0.39, 0.29) is 18.4 Å². The first-order chi connectivity index (χ1) is 15.2. The van der Waals surface area contributed by atoms with Gasteiger partial charge in [-0.05, 0) is 54.7 Å². The molecule has 1 saturated carbocycles. The minimum absolute atomic E-state index is 0.0362. The first-order valence-corrected chi connectivity index (χ1v) is 10.7. The zero-order valence-electron chi connectivity index (χ0n) is 17.4. The summed E-state index contributed by atoms with van der Waals surface area (Å²) in [6, 6.07) is 21.8. The van der Waals surface area contributed by atoms with E-state index in [2.05, 4.69) is 22.8 Å². The van der Waals surface area contributed by atoms with Gasteiger partial charge in [-0.25, -0.2) is 0 Å². The van der Waals surface area contributed by atoms with Gasteiger partial charge in [0.25, 0.3) is 11.8 Å². The van der Waals surface area contributed by atoms with Crippen molar-refractivity contribution < 1.29 is 14.3 Å². The Morgan fingerprint density at radius 3 is 2.45 bits per heavy atom. The summed E-state index contributed by atoms with van der Waals surface area (Å²) in [6.45, 7) is 1.24. The van der Waals surface area contributed by atoms with Gasteiger partial charge in [-0.15, -0.1) is 0 Å². The van der Waals surface area contributed by atoms with Crippen molar-refractivity contribution in [1.82, 2.24) is 15.2 Å². The van der Waals surface area contributed by atoms with E-state index >= 15 is 0 Å². The second kappa shape index (κ2) is 9.98. The number of carbonyl (C=O) groups is 2. The summed E-state index contributed by atoms with van der Waals surface area (Å²) in [7, 11) is 0. The lowest BCUT2D eigenvalue weighted by Crippen LogP contribution is -2.30. The number of ether oxygens (including phenoxy) is 1. The SMILES string of the molecule is O=C(COc1ccc(CCNC(=O)c2cccn2Cc2ccccc2)cc1)NC1CC1. The van der Waals surface area contributed by atoms with Crippen LogP contribution in [0.4, 0.5) is 0 Å². The quantitative estimate of drug-likeness (QED) is 0.532. The number of nitrogens with zero attached hydrogens (tertiary/aromatic N) is 1. The van der Waals surface area contributed by atoms with Crippen LogP contribution in [0.25, 0.3) is 0 Å². The van der Waals surface area contributed by atoms with Gasteiger partial charge in [0.1, 0.15) is 11.4 Å². The van der Waals surface area contributed by atoms with Gasteiger partial charge >= 0.3 is 0 Å². The van der Waals surface area contributed by atoms with E-state index in [9.17, 15) is 9.59 Å². The van der Waals surface area contributed by atoms with Crippen molar-refractivity contribution >= 4 is 11.8 Å². The highest BCUT2D eigenvalue weighted by atomic mass is 16.5. The van der Waals surface area contributed by atoms with Crippen LogP contribution in [0.5, 0.6) is 5.75 Å². The van der Waals surface area contributed by atoms with Gasteiger partial charge < -0.3 is 19.9 Å². The Bertz CT molecular complexity index is 1010. The summed E-state index contributed by atoms with van der Waals surface area (Å²) in [4.78, 5) is 24.3. The standard InChI is InChI=1S/C25H27N3O3/c29-24(27-21-10-11-21)18-31-22-12-8-19(9-13-22)14-15-26-25(30)23-7-4-16-28(23)17-20-5-2-1-3-6-20/h1-9,12-13,16,21H,10-11,14-15,17-18H2,(H,26,30)(H,27,29). The highest BCUT2D eigenvalue weighted by Crippen LogP contribution is 2.18. The largest absolute Gasteiger partial charge is 0.484 e. The molecule has 0 atom stereocenters. The molecule has 1 fully saturated rings. The predicted octanol–water partition coefficient (Wildman–Crippen LogP) is 3.17. The Labute approximate surface area is 182 Å². The maximum atomic E-state index is 12.6. The van der Waals surface area contributed by atoms with Crippen LogP contribution >= 0.6 is 0 Å².